The van der Waals surface area contributed by atoms with Gasteiger partial charge in [-0.25, -0.2) is 0 Å². The van der Waals surface area contributed by atoms with E-state index in [0.29, 0.717) is 6.42 Å². The Morgan fingerprint density at radius 3 is 2.60 bits per heavy atom. The van der Waals surface area contributed by atoms with Crippen LogP contribution >= 0.6 is 28.3 Å². The second-order valence-electron chi connectivity index (χ2n) is 5.34. The minimum atomic E-state index is -0.781. The van der Waals surface area contributed by atoms with Crippen LogP contribution in [0.2, 0.25) is 0 Å². The summed E-state index contributed by atoms with van der Waals surface area (Å²) in [6.45, 7) is 5.82. The van der Waals surface area contributed by atoms with Crippen molar-refractivity contribution >= 4 is 34.2 Å². The van der Waals surface area contributed by atoms with Gasteiger partial charge in [0.2, 0.25) is 5.91 Å². The molecule has 5 heteroatoms. The Hall–Kier alpha value is -0.580. The van der Waals surface area contributed by atoms with Crippen molar-refractivity contribution < 1.29 is 4.79 Å². The Bertz CT molecular complexity index is 438. The number of halogens is 2. The molecule has 0 bridgehead atoms. The number of nitrogens with one attached hydrogen (secondary N) is 1. The minimum absolute atomic E-state index is 0. The van der Waals surface area contributed by atoms with E-state index in [9.17, 15) is 4.79 Å². The highest BCUT2D eigenvalue weighted by molar-refractivity contribution is 9.10. The number of hydrogen-bond acceptors (Lipinski definition) is 2. The molecule has 0 spiro atoms. The van der Waals surface area contributed by atoms with Crippen LogP contribution in [0.25, 0.3) is 0 Å². The van der Waals surface area contributed by atoms with E-state index in [1.807, 2.05) is 32.0 Å². The predicted octanol–water partition coefficient (Wildman–Crippen LogP) is 3.44. The first-order valence-electron chi connectivity index (χ1n) is 6.70. The summed E-state index contributed by atoms with van der Waals surface area (Å²) in [4.78, 5) is 12.1. The number of benzene rings is 1. The van der Waals surface area contributed by atoms with Crippen LogP contribution in [-0.4, -0.2) is 17.5 Å². The summed E-state index contributed by atoms with van der Waals surface area (Å²) in [6.07, 6.45) is 2.38. The fourth-order valence-electron chi connectivity index (χ4n) is 2.07. The summed E-state index contributed by atoms with van der Waals surface area (Å²) in [5.41, 5.74) is 6.42. The van der Waals surface area contributed by atoms with Crippen molar-refractivity contribution in [1.29, 1.82) is 0 Å². The number of hydrogen-bond donors (Lipinski definition) is 2. The third kappa shape index (κ3) is 5.81. The molecule has 0 aliphatic rings. The molecule has 114 valence electrons. The van der Waals surface area contributed by atoms with Crippen LogP contribution in [0.1, 0.15) is 39.2 Å². The second kappa shape index (κ2) is 8.65. The third-order valence-corrected chi connectivity index (χ3v) is 3.92. The van der Waals surface area contributed by atoms with E-state index in [4.69, 9.17) is 5.73 Å². The Labute approximate surface area is 136 Å². The van der Waals surface area contributed by atoms with Crippen LogP contribution < -0.4 is 11.1 Å². The molecular weight excluding hydrogens is 340 g/mol. The highest BCUT2D eigenvalue weighted by atomic mass is 79.9. The van der Waals surface area contributed by atoms with Crippen molar-refractivity contribution in [3.05, 3.63) is 34.3 Å². The fraction of sp³-hybridized carbons (Fsp3) is 0.533. The first-order valence-corrected chi connectivity index (χ1v) is 7.49. The Balaban J connectivity index is 0.00000361. The molecule has 3 N–H and O–H groups in total. The maximum Gasteiger partial charge on any atom is 0.240 e. The normalized spacial score (nSPS) is 14.8. The molecule has 1 aromatic carbocycles. The third-order valence-electron chi connectivity index (χ3n) is 3.15. The van der Waals surface area contributed by atoms with Gasteiger partial charge in [-0.2, -0.15) is 0 Å². The summed E-state index contributed by atoms with van der Waals surface area (Å²) >= 11 is 3.52. The number of carbonyl (C=O) groups excluding carboxylic acids is 1. The SMILES string of the molecule is CCCC(C)(N)C(=O)NC(C)Cc1ccccc1Br.Cl. The zero-order chi connectivity index (χ0) is 14.5. The monoisotopic (exact) mass is 362 g/mol. The number of amides is 1. The molecular formula is C15H24BrClN2O. The lowest BCUT2D eigenvalue weighted by atomic mass is 9.95. The van der Waals surface area contributed by atoms with Crippen LogP contribution in [-0.2, 0) is 11.2 Å². The standard InChI is InChI=1S/C15H23BrN2O.ClH/c1-4-9-15(3,17)14(19)18-11(2)10-12-7-5-6-8-13(12)16;/h5-8,11H,4,9-10,17H2,1-3H3,(H,18,19);1H. The van der Waals surface area contributed by atoms with Gasteiger partial charge in [-0.15, -0.1) is 12.4 Å². The lowest BCUT2D eigenvalue weighted by molar-refractivity contribution is -0.126. The van der Waals surface area contributed by atoms with Crippen LogP contribution in [0.3, 0.4) is 0 Å². The fourth-order valence-corrected chi connectivity index (χ4v) is 2.51. The quantitative estimate of drug-likeness (QED) is 0.813. The first-order chi connectivity index (χ1) is 8.86. The van der Waals surface area contributed by atoms with Crippen LogP contribution in [0.5, 0.6) is 0 Å². The van der Waals surface area contributed by atoms with Crippen molar-refractivity contribution in [2.75, 3.05) is 0 Å². The summed E-state index contributed by atoms with van der Waals surface area (Å²) in [5, 5.41) is 3.00. The maximum atomic E-state index is 12.1. The zero-order valence-corrected chi connectivity index (χ0v) is 14.7. The van der Waals surface area contributed by atoms with Crippen molar-refractivity contribution in [2.24, 2.45) is 5.73 Å². The predicted molar refractivity (Wildman–Crippen MR) is 90.2 cm³/mol. The lowest BCUT2D eigenvalue weighted by Gasteiger charge is -2.25. The first kappa shape index (κ1) is 19.4. The van der Waals surface area contributed by atoms with Crippen LogP contribution in [0, 0.1) is 0 Å². The van der Waals surface area contributed by atoms with Gasteiger partial charge in [-0.1, -0.05) is 47.5 Å². The molecule has 0 radical (unpaired) electrons. The molecule has 1 amide bonds. The molecule has 0 fully saturated rings. The number of carbonyl (C=O) groups is 1. The molecule has 2 atom stereocenters. The van der Waals surface area contributed by atoms with Crippen molar-refractivity contribution in [3.63, 3.8) is 0 Å². The summed E-state index contributed by atoms with van der Waals surface area (Å²) in [5.74, 6) is -0.0751. The minimum Gasteiger partial charge on any atom is -0.352 e. The van der Waals surface area contributed by atoms with E-state index in [-0.39, 0.29) is 24.4 Å². The van der Waals surface area contributed by atoms with Gasteiger partial charge in [0.15, 0.2) is 0 Å². The Morgan fingerprint density at radius 1 is 1.45 bits per heavy atom. The van der Waals surface area contributed by atoms with E-state index < -0.39 is 5.54 Å². The zero-order valence-electron chi connectivity index (χ0n) is 12.3. The van der Waals surface area contributed by atoms with Crippen molar-refractivity contribution in [1.82, 2.24) is 5.32 Å². The number of nitrogens with two attached hydrogens (primary N) is 1. The molecule has 3 nitrogen and oxygen atoms in total. The lowest BCUT2D eigenvalue weighted by Crippen LogP contribution is -2.53. The molecule has 0 aromatic heterocycles. The number of rotatable bonds is 6. The van der Waals surface area contributed by atoms with Gasteiger partial charge in [0, 0.05) is 10.5 Å². The highest BCUT2D eigenvalue weighted by Gasteiger charge is 2.28. The molecule has 2 unspecified atom stereocenters. The molecule has 1 aromatic rings. The Morgan fingerprint density at radius 2 is 2.05 bits per heavy atom. The molecule has 0 saturated carbocycles. The summed E-state index contributed by atoms with van der Waals surface area (Å²) in [6, 6.07) is 8.10. The van der Waals surface area contributed by atoms with E-state index in [0.717, 1.165) is 17.3 Å². The van der Waals surface area contributed by atoms with E-state index >= 15 is 0 Å². The molecule has 0 aliphatic carbocycles. The summed E-state index contributed by atoms with van der Waals surface area (Å²) in [7, 11) is 0. The Kier molecular flexibility index (Phi) is 8.40. The molecule has 0 aliphatic heterocycles. The van der Waals surface area contributed by atoms with E-state index in [1.54, 1.807) is 6.92 Å². The molecule has 0 heterocycles. The average molecular weight is 364 g/mol. The largest absolute Gasteiger partial charge is 0.352 e. The van der Waals surface area contributed by atoms with Crippen molar-refractivity contribution in [3.8, 4) is 0 Å². The topological polar surface area (TPSA) is 55.1 Å². The molecule has 20 heavy (non-hydrogen) atoms. The van der Waals surface area contributed by atoms with Gasteiger partial charge in [0.1, 0.15) is 0 Å². The van der Waals surface area contributed by atoms with Crippen molar-refractivity contribution in [2.45, 2.75) is 51.6 Å². The summed E-state index contributed by atoms with van der Waals surface area (Å²) < 4.78 is 1.07. The average Bonchev–Trinajstić information content (AvgIpc) is 2.32. The van der Waals surface area contributed by atoms with Crippen LogP contribution in [0.15, 0.2) is 28.7 Å². The van der Waals surface area contributed by atoms with E-state index in [1.165, 1.54) is 5.56 Å². The highest BCUT2D eigenvalue weighted by Crippen LogP contribution is 2.17. The second-order valence-corrected chi connectivity index (χ2v) is 6.19. The molecule has 1 rings (SSSR count). The smallest absolute Gasteiger partial charge is 0.240 e. The van der Waals surface area contributed by atoms with Gasteiger partial charge >= 0.3 is 0 Å². The van der Waals surface area contributed by atoms with Gasteiger partial charge in [-0.05, 0) is 38.3 Å². The van der Waals surface area contributed by atoms with E-state index in [2.05, 4.69) is 27.3 Å². The maximum absolute atomic E-state index is 12.1. The van der Waals surface area contributed by atoms with Gasteiger partial charge in [0.05, 0.1) is 5.54 Å². The van der Waals surface area contributed by atoms with Gasteiger partial charge in [-0.3, -0.25) is 4.79 Å². The molecule has 0 saturated heterocycles. The van der Waals surface area contributed by atoms with Crippen LogP contribution in [0.4, 0.5) is 0 Å². The van der Waals surface area contributed by atoms with Gasteiger partial charge < -0.3 is 11.1 Å². The van der Waals surface area contributed by atoms with Gasteiger partial charge in [0.25, 0.3) is 0 Å².